The van der Waals surface area contributed by atoms with Crippen molar-refractivity contribution in [1.29, 1.82) is 0 Å². The first-order valence-electron chi connectivity index (χ1n) is 7.57. The molecule has 0 fully saturated rings. The summed E-state index contributed by atoms with van der Waals surface area (Å²) in [5.41, 5.74) is 0.370. The van der Waals surface area contributed by atoms with Crippen molar-refractivity contribution in [2.45, 2.75) is 6.54 Å². The molecule has 0 aliphatic carbocycles. The Labute approximate surface area is 142 Å². The molecular weight excluding hydrogens is 326 g/mol. The lowest BCUT2D eigenvalue weighted by atomic mass is 10.2. The van der Waals surface area contributed by atoms with Crippen LogP contribution in [-0.2, 0) is 25.4 Å². The predicted molar refractivity (Wildman–Crippen MR) is 90.4 cm³/mol. The van der Waals surface area contributed by atoms with Gasteiger partial charge in [0.15, 0.2) is 11.5 Å². The molecule has 0 unspecified atom stereocenters. The summed E-state index contributed by atoms with van der Waals surface area (Å²) in [4.78, 5) is 35.4. The number of carbonyl (C=O) groups excluding carboxylic acids is 1. The molecule has 3 rings (SSSR count). The largest absolute Gasteiger partial charge is 0.454 e. The third-order valence-electron chi connectivity index (χ3n) is 3.89. The van der Waals surface area contributed by atoms with Crippen molar-refractivity contribution >= 4 is 12.0 Å². The first kappa shape index (κ1) is 16.6. The van der Waals surface area contributed by atoms with Crippen molar-refractivity contribution in [2.75, 3.05) is 6.79 Å². The minimum Gasteiger partial charge on any atom is -0.454 e. The highest BCUT2D eigenvalue weighted by atomic mass is 16.7. The molecule has 25 heavy (non-hydrogen) atoms. The first-order valence-corrected chi connectivity index (χ1v) is 7.57. The maximum absolute atomic E-state index is 11.9. The topological polar surface area (TPSA) is 91.6 Å². The monoisotopic (exact) mass is 343 g/mol. The van der Waals surface area contributed by atoms with Gasteiger partial charge in [0.25, 0.3) is 5.56 Å². The van der Waals surface area contributed by atoms with Gasteiger partial charge in [-0.1, -0.05) is 6.07 Å². The standard InChI is InChI=1S/C17H17N3O5/c1-19-12(8-16(22)20(2)17(19)23)9-18-15(21)6-4-11-3-5-13-14(7-11)25-10-24-13/h3-8H,9-10H2,1-2H3,(H,18,21). The Morgan fingerprint density at radius 2 is 1.92 bits per heavy atom. The Hall–Kier alpha value is -3.29. The number of hydrogen-bond acceptors (Lipinski definition) is 5. The van der Waals surface area contributed by atoms with Gasteiger partial charge in [0.2, 0.25) is 12.7 Å². The quantitative estimate of drug-likeness (QED) is 0.798. The van der Waals surface area contributed by atoms with Gasteiger partial charge in [-0.3, -0.25) is 18.7 Å². The molecule has 0 atom stereocenters. The molecule has 0 bridgehead atoms. The van der Waals surface area contributed by atoms with Gasteiger partial charge in [0, 0.05) is 31.9 Å². The van der Waals surface area contributed by atoms with E-state index in [-0.39, 0.29) is 19.2 Å². The van der Waals surface area contributed by atoms with Gasteiger partial charge in [0.05, 0.1) is 6.54 Å². The first-order chi connectivity index (χ1) is 12.0. The van der Waals surface area contributed by atoms with Gasteiger partial charge >= 0.3 is 5.69 Å². The van der Waals surface area contributed by atoms with Crippen LogP contribution < -0.4 is 26.0 Å². The Kier molecular flexibility index (Phi) is 4.42. The fraction of sp³-hybridized carbons (Fsp3) is 0.235. The van der Waals surface area contributed by atoms with Crippen LogP contribution in [0.15, 0.2) is 39.9 Å². The van der Waals surface area contributed by atoms with Crippen molar-refractivity contribution in [2.24, 2.45) is 14.1 Å². The second-order valence-electron chi connectivity index (χ2n) is 5.54. The van der Waals surface area contributed by atoms with Crippen LogP contribution in [0.25, 0.3) is 6.08 Å². The van der Waals surface area contributed by atoms with E-state index in [1.807, 2.05) is 6.07 Å². The van der Waals surface area contributed by atoms with Crippen molar-refractivity contribution in [1.82, 2.24) is 14.5 Å². The molecule has 8 nitrogen and oxygen atoms in total. The molecule has 2 heterocycles. The zero-order valence-corrected chi connectivity index (χ0v) is 13.8. The summed E-state index contributed by atoms with van der Waals surface area (Å²) in [6.45, 7) is 0.268. The Morgan fingerprint density at radius 3 is 2.72 bits per heavy atom. The summed E-state index contributed by atoms with van der Waals surface area (Å²) in [7, 11) is 2.95. The van der Waals surface area contributed by atoms with Crippen molar-refractivity contribution in [3.8, 4) is 11.5 Å². The molecule has 2 aromatic rings. The maximum atomic E-state index is 11.9. The molecule has 130 valence electrons. The number of aromatic nitrogens is 2. The highest BCUT2D eigenvalue weighted by molar-refractivity contribution is 5.91. The van der Waals surface area contributed by atoms with Crippen LogP contribution in [0.3, 0.4) is 0 Å². The molecule has 0 radical (unpaired) electrons. The van der Waals surface area contributed by atoms with Crippen LogP contribution >= 0.6 is 0 Å². The maximum Gasteiger partial charge on any atom is 0.330 e. The van der Waals surface area contributed by atoms with Gasteiger partial charge in [-0.25, -0.2) is 4.79 Å². The number of ether oxygens (including phenoxy) is 2. The molecule has 0 spiro atoms. The second-order valence-corrected chi connectivity index (χ2v) is 5.54. The van der Waals surface area contributed by atoms with E-state index < -0.39 is 11.2 Å². The molecule has 1 aromatic carbocycles. The van der Waals surface area contributed by atoms with E-state index in [1.165, 1.54) is 23.8 Å². The van der Waals surface area contributed by atoms with Crippen LogP contribution in [-0.4, -0.2) is 21.8 Å². The lowest BCUT2D eigenvalue weighted by molar-refractivity contribution is -0.116. The fourth-order valence-corrected chi connectivity index (χ4v) is 2.37. The van der Waals surface area contributed by atoms with E-state index in [0.717, 1.165) is 10.1 Å². The molecule has 8 heteroatoms. The van der Waals surface area contributed by atoms with Crippen molar-refractivity contribution < 1.29 is 14.3 Å². The predicted octanol–water partition coefficient (Wildman–Crippen LogP) is 0.142. The number of benzene rings is 1. The number of fused-ring (bicyclic) bond motifs is 1. The summed E-state index contributed by atoms with van der Waals surface area (Å²) in [5, 5.41) is 2.65. The van der Waals surface area contributed by atoms with Crippen LogP contribution in [0.1, 0.15) is 11.3 Å². The smallest absolute Gasteiger partial charge is 0.330 e. The minimum atomic E-state index is -0.437. The Balaban J connectivity index is 1.66. The van der Waals surface area contributed by atoms with Crippen molar-refractivity contribution in [3.63, 3.8) is 0 Å². The number of hydrogen-bond donors (Lipinski definition) is 1. The zero-order valence-electron chi connectivity index (χ0n) is 13.8. The minimum absolute atomic E-state index is 0.0755. The second kappa shape index (κ2) is 6.68. The van der Waals surface area contributed by atoms with Gasteiger partial charge in [-0.2, -0.15) is 0 Å². The molecule has 1 aliphatic heterocycles. The van der Waals surface area contributed by atoms with Crippen molar-refractivity contribution in [3.05, 3.63) is 62.4 Å². The van der Waals surface area contributed by atoms with E-state index in [1.54, 1.807) is 25.3 Å². The van der Waals surface area contributed by atoms with E-state index in [4.69, 9.17) is 9.47 Å². The van der Waals surface area contributed by atoms with Gasteiger partial charge in [0.1, 0.15) is 0 Å². The summed E-state index contributed by atoms with van der Waals surface area (Å²) in [5.74, 6) is 0.969. The van der Waals surface area contributed by atoms with E-state index >= 15 is 0 Å². The zero-order chi connectivity index (χ0) is 18.0. The van der Waals surface area contributed by atoms with Gasteiger partial charge < -0.3 is 14.8 Å². The summed E-state index contributed by atoms with van der Waals surface area (Å²) < 4.78 is 12.8. The third-order valence-corrected chi connectivity index (χ3v) is 3.89. The molecule has 1 amide bonds. The van der Waals surface area contributed by atoms with E-state index in [2.05, 4.69) is 5.32 Å². The van der Waals surface area contributed by atoms with Crippen LogP contribution in [0.4, 0.5) is 0 Å². The van der Waals surface area contributed by atoms with Crippen LogP contribution in [0, 0.1) is 0 Å². The summed E-state index contributed by atoms with van der Waals surface area (Å²) >= 11 is 0. The average molecular weight is 343 g/mol. The molecule has 0 saturated heterocycles. The molecule has 1 aromatic heterocycles. The van der Waals surface area contributed by atoms with Gasteiger partial charge in [-0.15, -0.1) is 0 Å². The summed E-state index contributed by atoms with van der Waals surface area (Å²) in [6.07, 6.45) is 3.01. The molecule has 0 saturated carbocycles. The molecular formula is C17H17N3O5. The number of rotatable bonds is 4. The van der Waals surface area contributed by atoms with E-state index in [0.29, 0.717) is 17.2 Å². The lowest BCUT2D eigenvalue weighted by Crippen LogP contribution is -2.39. The van der Waals surface area contributed by atoms with E-state index in [9.17, 15) is 14.4 Å². The Morgan fingerprint density at radius 1 is 1.16 bits per heavy atom. The number of carbonyl (C=O) groups is 1. The molecule has 1 aliphatic rings. The highest BCUT2D eigenvalue weighted by Gasteiger charge is 2.12. The number of amides is 1. The normalized spacial score (nSPS) is 12.6. The Bertz CT molecular complexity index is 971. The van der Waals surface area contributed by atoms with Crippen LogP contribution in [0.5, 0.6) is 11.5 Å². The van der Waals surface area contributed by atoms with Crippen LogP contribution in [0.2, 0.25) is 0 Å². The third kappa shape index (κ3) is 3.47. The average Bonchev–Trinajstić information content (AvgIpc) is 3.07. The number of nitrogens with zero attached hydrogens (tertiary/aromatic N) is 2. The lowest BCUT2D eigenvalue weighted by Gasteiger charge is -2.09. The van der Waals surface area contributed by atoms with Gasteiger partial charge in [-0.05, 0) is 23.8 Å². The summed E-state index contributed by atoms with van der Waals surface area (Å²) in [6, 6.07) is 6.68. The number of nitrogens with one attached hydrogen (secondary N) is 1. The SMILES string of the molecule is Cn1c(CNC(=O)C=Cc2ccc3c(c2)OCO3)cc(=O)n(C)c1=O. The molecule has 1 N–H and O–H groups in total. The highest BCUT2D eigenvalue weighted by Crippen LogP contribution is 2.32. The fourth-order valence-electron chi connectivity index (χ4n) is 2.37.